The summed E-state index contributed by atoms with van der Waals surface area (Å²) in [5.74, 6) is -0.840. The summed E-state index contributed by atoms with van der Waals surface area (Å²) in [6.07, 6.45) is -3.63. The lowest BCUT2D eigenvalue weighted by molar-refractivity contribution is -0.276. The number of carbonyl (C=O) groups is 1. The Morgan fingerprint density at radius 2 is 1.94 bits per heavy atom. The fraction of sp³-hybridized carbons (Fsp3) is 0.333. The fourth-order valence-electron chi connectivity index (χ4n) is 5.40. The first-order valence-corrected chi connectivity index (χ1v) is 11.3. The maximum Gasteiger partial charge on any atom is 0.573 e. The van der Waals surface area contributed by atoms with E-state index < -0.39 is 35.8 Å². The zero-order chi connectivity index (χ0) is 24.8. The highest BCUT2D eigenvalue weighted by Gasteiger charge is 2.57. The van der Waals surface area contributed by atoms with Crippen molar-refractivity contribution >= 4 is 17.7 Å². The van der Waals surface area contributed by atoms with Gasteiger partial charge in [-0.2, -0.15) is 5.10 Å². The molecular weight excluding hydrogens is 487 g/mol. The maximum absolute atomic E-state index is 13.4. The molecule has 11 heteroatoms. The fourth-order valence-corrected chi connectivity index (χ4v) is 5.52. The maximum atomic E-state index is 13.4. The number of aromatic amines is 1. The summed E-state index contributed by atoms with van der Waals surface area (Å²) in [5.41, 5.74) is 0.939. The summed E-state index contributed by atoms with van der Waals surface area (Å²) < 4.78 is 51.2. The van der Waals surface area contributed by atoms with Gasteiger partial charge in [0.05, 0.1) is 18.8 Å². The molecule has 1 amide bonds. The molecule has 1 aliphatic heterocycles. The number of carboxylic acid groups (broad SMARTS) is 1. The number of halogens is 4. The van der Waals surface area contributed by atoms with Crippen molar-refractivity contribution in [3.05, 3.63) is 82.1 Å². The lowest BCUT2D eigenvalue weighted by atomic mass is 9.70. The van der Waals surface area contributed by atoms with Crippen LogP contribution < -0.4 is 4.74 Å². The Morgan fingerprint density at radius 1 is 1.20 bits per heavy atom. The van der Waals surface area contributed by atoms with Crippen molar-refractivity contribution in [2.45, 2.75) is 30.8 Å². The highest BCUT2D eigenvalue weighted by Crippen LogP contribution is 2.55. The highest BCUT2D eigenvalue weighted by atomic mass is 35.5. The highest BCUT2D eigenvalue weighted by molar-refractivity contribution is 6.30. The minimum Gasteiger partial charge on any atom is -0.465 e. The van der Waals surface area contributed by atoms with E-state index in [1.54, 1.807) is 36.5 Å². The van der Waals surface area contributed by atoms with Crippen LogP contribution in [0.1, 0.15) is 28.4 Å². The number of alkyl halides is 3. The van der Waals surface area contributed by atoms with Gasteiger partial charge in [0.2, 0.25) is 0 Å². The van der Waals surface area contributed by atoms with Gasteiger partial charge >= 0.3 is 12.5 Å². The van der Waals surface area contributed by atoms with Crippen LogP contribution in [0.2, 0.25) is 5.02 Å². The molecule has 2 heterocycles. The summed E-state index contributed by atoms with van der Waals surface area (Å²) in [7, 11) is 0. The molecule has 0 bridgehead atoms. The van der Waals surface area contributed by atoms with Gasteiger partial charge in [0.15, 0.2) is 0 Å². The lowest BCUT2D eigenvalue weighted by Crippen LogP contribution is -2.57. The normalized spacial score (nSPS) is 24.3. The number of H-pyrrole nitrogens is 1. The van der Waals surface area contributed by atoms with Crippen molar-refractivity contribution in [2.24, 2.45) is 5.92 Å². The van der Waals surface area contributed by atoms with Gasteiger partial charge in [-0.3, -0.25) is 10.00 Å². The third-order valence-corrected chi connectivity index (χ3v) is 6.94. The second kappa shape index (κ2) is 8.76. The number of para-hydroxylation sites is 1. The molecule has 5 rings (SSSR count). The summed E-state index contributed by atoms with van der Waals surface area (Å²) in [6.45, 7) is 0.0473. The van der Waals surface area contributed by atoms with Crippen molar-refractivity contribution < 1.29 is 32.5 Å². The predicted octanol–water partition coefficient (Wildman–Crippen LogP) is 5.32. The van der Waals surface area contributed by atoms with E-state index in [9.17, 15) is 23.1 Å². The largest absolute Gasteiger partial charge is 0.573 e. The van der Waals surface area contributed by atoms with Gasteiger partial charge in [0.1, 0.15) is 11.4 Å². The molecule has 1 aliphatic carbocycles. The summed E-state index contributed by atoms with van der Waals surface area (Å²) in [4.78, 5) is 13.7. The number of fused-ring (bicyclic) bond motifs is 1. The van der Waals surface area contributed by atoms with Crippen LogP contribution >= 0.6 is 11.6 Å². The van der Waals surface area contributed by atoms with Crippen molar-refractivity contribution in [3.63, 3.8) is 0 Å². The van der Waals surface area contributed by atoms with Gasteiger partial charge in [-0.1, -0.05) is 41.9 Å². The SMILES string of the molecule is O=C(O)N1CCOC(c2ccccc2OC(F)(F)F)(C2Cc3cn[nH]c3C2)C1c1ccc(Cl)cc1. The molecule has 0 spiro atoms. The molecule has 0 saturated carbocycles. The van der Waals surface area contributed by atoms with E-state index in [-0.39, 0.29) is 18.7 Å². The van der Waals surface area contributed by atoms with Gasteiger partial charge in [0.25, 0.3) is 0 Å². The molecule has 7 nitrogen and oxygen atoms in total. The quantitative estimate of drug-likeness (QED) is 0.499. The molecule has 184 valence electrons. The number of hydrogen-bond donors (Lipinski definition) is 2. The van der Waals surface area contributed by atoms with Crippen LogP contribution in [0.3, 0.4) is 0 Å². The van der Waals surface area contributed by atoms with E-state index in [0.717, 1.165) is 11.3 Å². The number of amides is 1. The van der Waals surface area contributed by atoms with Crippen LogP contribution in [0.5, 0.6) is 5.75 Å². The van der Waals surface area contributed by atoms with Crippen LogP contribution in [0, 0.1) is 5.92 Å². The zero-order valence-electron chi connectivity index (χ0n) is 18.3. The van der Waals surface area contributed by atoms with E-state index in [1.807, 2.05) is 0 Å². The van der Waals surface area contributed by atoms with Gasteiger partial charge in [-0.15, -0.1) is 13.2 Å². The number of benzene rings is 2. The number of aromatic nitrogens is 2. The molecule has 2 aromatic carbocycles. The lowest BCUT2D eigenvalue weighted by Gasteiger charge is -2.52. The van der Waals surface area contributed by atoms with Crippen molar-refractivity contribution in [3.8, 4) is 5.75 Å². The van der Waals surface area contributed by atoms with Crippen LogP contribution in [-0.4, -0.2) is 45.8 Å². The van der Waals surface area contributed by atoms with Crippen molar-refractivity contribution in [1.29, 1.82) is 0 Å². The summed E-state index contributed by atoms with van der Waals surface area (Å²) in [6, 6.07) is 11.4. The van der Waals surface area contributed by atoms with E-state index in [0.29, 0.717) is 23.4 Å². The van der Waals surface area contributed by atoms with Gasteiger partial charge in [-0.25, -0.2) is 4.79 Å². The Balaban J connectivity index is 1.75. The van der Waals surface area contributed by atoms with Gasteiger partial charge in [-0.05, 0) is 42.2 Å². The molecule has 3 unspecified atom stereocenters. The molecule has 35 heavy (non-hydrogen) atoms. The standard InChI is InChI=1S/C24H21ClF3N3O4/c25-17-7-5-14(6-8-17)21-23(34-10-9-31(21)22(32)33,16-11-15-13-29-30-19(15)12-16)18-3-1-2-4-20(18)35-24(26,27)28/h1-8,13,16,21H,9-12H2,(H,29,30)(H,32,33). The molecule has 1 aromatic heterocycles. The van der Waals surface area contributed by atoms with Crippen molar-refractivity contribution in [2.75, 3.05) is 13.2 Å². The minimum absolute atomic E-state index is 0.000569. The molecule has 1 fully saturated rings. The average Bonchev–Trinajstić information content (AvgIpc) is 3.41. The predicted molar refractivity (Wildman–Crippen MR) is 119 cm³/mol. The Labute approximate surface area is 203 Å². The third-order valence-electron chi connectivity index (χ3n) is 6.69. The van der Waals surface area contributed by atoms with Crippen LogP contribution in [0.4, 0.5) is 18.0 Å². The van der Waals surface area contributed by atoms with Crippen LogP contribution in [-0.2, 0) is 23.2 Å². The average molecular weight is 508 g/mol. The second-order valence-corrected chi connectivity index (χ2v) is 9.03. The topological polar surface area (TPSA) is 87.7 Å². The Hall–Kier alpha value is -3.24. The first-order valence-electron chi connectivity index (χ1n) is 10.9. The second-order valence-electron chi connectivity index (χ2n) is 8.59. The Kier molecular flexibility index (Phi) is 5.88. The van der Waals surface area contributed by atoms with E-state index >= 15 is 0 Å². The molecule has 1 saturated heterocycles. The van der Waals surface area contributed by atoms with Crippen molar-refractivity contribution in [1.82, 2.24) is 15.1 Å². The molecule has 2 aliphatic rings. The van der Waals surface area contributed by atoms with Crippen LogP contribution in [0.25, 0.3) is 0 Å². The monoisotopic (exact) mass is 507 g/mol. The van der Waals surface area contributed by atoms with E-state index in [1.165, 1.54) is 23.1 Å². The number of nitrogens with zero attached hydrogens (tertiary/aromatic N) is 2. The number of ether oxygens (including phenoxy) is 2. The first kappa shape index (κ1) is 23.5. The number of rotatable bonds is 4. The number of nitrogens with one attached hydrogen (secondary N) is 1. The van der Waals surface area contributed by atoms with Crippen LogP contribution in [0.15, 0.2) is 54.7 Å². The minimum atomic E-state index is -4.95. The summed E-state index contributed by atoms with van der Waals surface area (Å²) >= 11 is 6.09. The molecule has 3 aromatic rings. The molecule has 2 N–H and O–H groups in total. The van der Waals surface area contributed by atoms with Gasteiger partial charge in [0, 0.05) is 28.7 Å². The van der Waals surface area contributed by atoms with E-state index in [2.05, 4.69) is 14.9 Å². The molecule has 0 radical (unpaired) electrons. The van der Waals surface area contributed by atoms with Gasteiger partial charge < -0.3 is 14.6 Å². The Bertz CT molecular complexity index is 1210. The number of hydrogen-bond acceptors (Lipinski definition) is 4. The first-order chi connectivity index (χ1) is 16.7. The Morgan fingerprint density at radius 3 is 2.63 bits per heavy atom. The zero-order valence-corrected chi connectivity index (χ0v) is 19.0. The molecule has 3 atom stereocenters. The smallest absolute Gasteiger partial charge is 0.465 e. The molecular formula is C24H21ClF3N3O4. The third kappa shape index (κ3) is 4.21. The summed E-state index contributed by atoms with van der Waals surface area (Å²) in [5, 5.41) is 17.6. The number of morpholine rings is 1. The van der Waals surface area contributed by atoms with E-state index in [4.69, 9.17) is 16.3 Å².